The van der Waals surface area contributed by atoms with Crippen LogP contribution in [-0.2, 0) is 14.3 Å². The first-order chi connectivity index (χ1) is 13.9. The monoisotopic (exact) mass is 395 g/mol. The third-order valence-electron chi connectivity index (χ3n) is 4.49. The SMILES string of the molecule is Cc1ccc(NC(=O)[C@@H](C)OC(=O)/C=C/c2ccc3c(c2)OCCCO3)c(C)c1. The van der Waals surface area contributed by atoms with Crippen molar-refractivity contribution in [3.63, 3.8) is 0 Å². The second-order valence-corrected chi connectivity index (χ2v) is 6.98. The van der Waals surface area contributed by atoms with Crippen molar-refractivity contribution in [2.24, 2.45) is 0 Å². The van der Waals surface area contributed by atoms with Gasteiger partial charge < -0.3 is 19.5 Å². The predicted molar refractivity (Wildman–Crippen MR) is 111 cm³/mol. The molecule has 2 aromatic rings. The lowest BCUT2D eigenvalue weighted by atomic mass is 10.1. The number of anilines is 1. The number of carbonyl (C=O) groups is 2. The summed E-state index contributed by atoms with van der Waals surface area (Å²) in [5, 5.41) is 2.79. The van der Waals surface area contributed by atoms with Crippen molar-refractivity contribution in [1.82, 2.24) is 0 Å². The zero-order valence-corrected chi connectivity index (χ0v) is 16.9. The lowest BCUT2D eigenvalue weighted by molar-refractivity contribution is -0.148. The van der Waals surface area contributed by atoms with Crippen molar-refractivity contribution in [2.75, 3.05) is 18.5 Å². The summed E-state index contributed by atoms with van der Waals surface area (Å²) >= 11 is 0. The first-order valence-electron chi connectivity index (χ1n) is 9.59. The van der Waals surface area contributed by atoms with Crippen molar-refractivity contribution in [2.45, 2.75) is 33.3 Å². The van der Waals surface area contributed by atoms with Crippen LogP contribution in [0.4, 0.5) is 5.69 Å². The number of fused-ring (bicyclic) bond motifs is 1. The van der Waals surface area contributed by atoms with E-state index < -0.39 is 12.1 Å². The molecule has 1 N–H and O–H groups in total. The maximum Gasteiger partial charge on any atom is 0.331 e. The van der Waals surface area contributed by atoms with Crippen molar-refractivity contribution in [1.29, 1.82) is 0 Å². The molecular weight excluding hydrogens is 370 g/mol. The Morgan fingerprint density at radius 2 is 1.83 bits per heavy atom. The maximum atomic E-state index is 12.3. The number of nitrogens with one attached hydrogen (secondary N) is 1. The molecule has 0 bridgehead atoms. The molecule has 0 saturated heterocycles. The highest BCUT2D eigenvalue weighted by Gasteiger charge is 2.17. The molecule has 6 heteroatoms. The summed E-state index contributed by atoms with van der Waals surface area (Å²) in [5.74, 6) is 0.368. The summed E-state index contributed by atoms with van der Waals surface area (Å²) in [6.07, 6.45) is 2.82. The number of ether oxygens (including phenoxy) is 3. The van der Waals surface area contributed by atoms with Gasteiger partial charge in [0.25, 0.3) is 5.91 Å². The molecule has 1 amide bonds. The molecule has 0 saturated carbocycles. The average Bonchev–Trinajstić information content (AvgIpc) is 2.93. The standard InChI is InChI=1S/C23H25NO5/c1-15-5-8-19(16(2)13-15)24-23(26)17(3)29-22(25)10-7-18-6-9-20-21(14-18)28-12-4-11-27-20/h5-10,13-14,17H,4,11-12H2,1-3H3,(H,24,26)/b10-7+/t17-/m1/s1. The molecule has 0 radical (unpaired) electrons. The van der Waals surface area contributed by atoms with E-state index >= 15 is 0 Å². The van der Waals surface area contributed by atoms with E-state index in [1.165, 1.54) is 13.0 Å². The third-order valence-corrected chi connectivity index (χ3v) is 4.49. The summed E-state index contributed by atoms with van der Waals surface area (Å²) in [4.78, 5) is 24.4. The van der Waals surface area contributed by atoms with Gasteiger partial charge in [0.1, 0.15) is 0 Å². The van der Waals surface area contributed by atoms with Crippen LogP contribution in [0.2, 0.25) is 0 Å². The van der Waals surface area contributed by atoms with Crippen LogP contribution in [0, 0.1) is 13.8 Å². The van der Waals surface area contributed by atoms with Gasteiger partial charge in [0.15, 0.2) is 17.6 Å². The van der Waals surface area contributed by atoms with Gasteiger partial charge in [-0.05, 0) is 56.2 Å². The molecule has 1 aliphatic rings. The zero-order chi connectivity index (χ0) is 20.8. The van der Waals surface area contributed by atoms with Crippen molar-refractivity contribution >= 4 is 23.6 Å². The molecule has 6 nitrogen and oxygen atoms in total. The van der Waals surface area contributed by atoms with Gasteiger partial charge in [0, 0.05) is 18.2 Å². The van der Waals surface area contributed by atoms with Crippen LogP contribution in [0.1, 0.15) is 30.0 Å². The van der Waals surface area contributed by atoms with Crippen LogP contribution < -0.4 is 14.8 Å². The largest absolute Gasteiger partial charge is 0.490 e. The number of hydrogen-bond acceptors (Lipinski definition) is 5. The quantitative estimate of drug-likeness (QED) is 0.611. The summed E-state index contributed by atoms with van der Waals surface area (Å²) in [5.41, 5.74) is 3.54. The first kappa shape index (κ1) is 20.5. The summed E-state index contributed by atoms with van der Waals surface area (Å²) in [7, 11) is 0. The fourth-order valence-electron chi connectivity index (χ4n) is 2.90. The van der Waals surface area contributed by atoms with E-state index in [0.29, 0.717) is 30.4 Å². The summed E-state index contributed by atoms with van der Waals surface area (Å²) in [6.45, 7) is 6.65. The number of aryl methyl sites for hydroxylation is 2. The van der Waals surface area contributed by atoms with E-state index in [4.69, 9.17) is 14.2 Å². The Morgan fingerprint density at radius 1 is 1.07 bits per heavy atom. The Hall–Kier alpha value is -3.28. The van der Waals surface area contributed by atoms with Gasteiger partial charge in [0.05, 0.1) is 13.2 Å². The van der Waals surface area contributed by atoms with Crippen LogP contribution in [0.15, 0.2) is 42.5 Å². The minimum absolute atomic E-state index is 0.380. The highest BCUT2D eigenvalue weighted by atomic mass is 16.5. The molecule has 1 heterocycles. The van der Waals surface area contributed by atoms with Gasteiger partial charge in [0.2, 0.25) is 0 Å². The van der Waals surface area contributed by atoms with Crippen LogP contribution in [0.3, 0.4) is 0 Å². The zero-order valence-electron chi connectivity index (χ0n) is 16.9. The first-order valence-corrected chi connectivity index (χ1v) is 9.59. The number of hydrogen-bond donors (Lipinski definition) is 1. The van der Waals surface area contributed by atoms with Gasteiger partial charge in [-0.3, -0.25) is 4.79 Å². The summed E-state index contributed by atoms with van der Waals surface area (Å²) < 4.78 is 16.4. The molecule has 152 valence electrons. The lowest BCUT2D eigenvalue weighted by Crippen LogP contribution is -2.29. The van der Waals surface area contributed by atoms with E-state index in [-0.39, 0.29) is 5.91 Å². The molecule has 1 aliphatic heterocycles. The van der Waals surface area contributed by atoms with Crippen LogP contribution in [0.5, 0.6) is 11.5 Å². The fraction of sp³-hybridized carbons (Fsp3) is 0.304. The third kappa shape index (κ3) is 5.60. The highest BCUT2D eigenvalue weighted by molar-refractivity contribution is 5.97. The topological polar surface area (TPSA) is 73.9 Å². The van der Waals surface area contributed by atoms with Gasteiger partial charge in [-0.2, -0.15) is 0 Å². The molecule has 0 unspecified atom stereocenters. The maximum absolute atomic E-state index is 12.3. The van der Waals surface area contributed by atoms with E-state index in [0.717, 1.165) is 23.1 Å². The van der Waals surface area contributed by atoms with E-state index in [2.05, 4.69) is 5.32 Å². The Balaban J connectivity index is 1.56. The molecule has 29 heavy (non-hydrogen) atoms. The predicted octanol–water partition coefficient (Wildman–Crippen LogP) is 4.05. The molecule has 0 fully saturated rings. The lowest BCUT2D eigenvalue weighted by Gasteiger charge is -2.14. The second kappa shape index (κ2) is 9.28. The second-order valence-electron chi connectivity index (χ2n) is 6.98. The number of amides is 1. The molecule has 0 aromatic heterocycles. The Morgan fingerprint density at radius 3 is 2.59 bits per heavy atom. The minimum Gasteiger partial charge on any atom is -0.490 e. The van der Waals surface area contributed by atoms with E-state index in [9.17, 15) is 9.59 Å². The minimum atomic E-state index is -0.920. The number of esters is 1. The molecule has 3 rings (SSSR count). The van der Waals surface area contributed by atoms with Gasteiger partial charge in [-0.1, -0.05) is 23.8 Å². The van der Waals surface area contributed by atoms with Crippen LogP contribution in [-0.4, -0.2) is 31.2 Å². The van der Waals surface area contributed by atoms with Crippen molar-refractivity contribution in [3.05, 3.63) is 59.2 Å². The normalized spacial score (nSPS) is 14.2. The van der Waals surface area contributed by atoms with Crippen LogP contribution >= 0.6 is 0 Å². The number of carbonyl (C=O) groups excluding carboxylic acids is 2. The molecule has 0 aliphatic carbocycles. The van der Waals surface area contributed by atoms with Gasteiger partial charge >= 0.3 is 5.97 Å². The van der Waals surface area contributed by atoms with E-state index in [1.807, 2.05) is 44.2 Å². The van der Waals surface area contributed by atoms with Gasteiger partial charge in [-0.25, -0.2) is 4.79 Å². The number of benzene rings is 2. The fourth-order valence-corrected chi connectivity index (χ4v) is 2.90. The average molecular weight is 395 g/mol. The Labute approximate surface area is 170 Å². The highest BCUT2D eigenvalue weighted by Crippen LogP contribution is 2.30. The molecule has 2 aromatic carbocycles. The molecule has 0 spiro atoms. The Bertz CT molecular complexity index is 935. The van der Waals surface area contributed by atoms with Gasteiger partial charge in [-0.15, -0.1) is 0 Å². The van der Waals surface area contributed by atoms with Crippen molar-refractivity contribution < 1.29 is 23.8 Å². The molecule has 1 atom stereocenters. The summed E-state index contributed by atoms with van der Waals surface area (Å²) in [6, 6.07) is 11.2. The van der Waals surface area contributed by atoms with Crippen LogP contribution in [0.25, 0.3) is 6.08 Å². The smallest absolute Gasteiger partial charge is 0.331 e. The van der Waals surface area contributed by atoms with Crippen molar-refractivity contribution in [3.8, 4) is 11.5 Å². The Kier molecular flexibility index (Phi) is 6.54. The van der Waals surface area contributed by atoms with E-state index in [1.54, 1.807) is 12.1 Å². The number of rotatable bonds is 5. The molecular formula is C23H25NO5.